The molecule has 0 unspecified atom stereocenters. The van der Waals surface area contributed by atoms with Gasteiger partial charge < -0.3 is 14.8 Å². The Hall–Kier alpha value is -2.75. The van der Waals surface area contributed by atoms with E-state index in [1.165, 1.54) is 25.1 Å². The van der Waals surface area contributed by atoms with Crippen molar-refractivity contribution in [1.29, 1.82) is 5.26 Å². The molecule has 2 aromatic rings. The van der Waals surface area contributed by atoms with Crippen LogP contribution in [0.5, 0.6) is 5.75 Å². The van der Waals surface area contributed by atoms with Crippen molar-refractivity contribution in [2.24, 2.45) is 0 Å². The summed E-state index contributed by atoms with van der Waals surface area (Å²) in [6.45, 7) is 0.988. The molecular formula is C18H14Cl2N2O4. The SMILES string of the molecule is C[C@@H](OC(=O)COc1ccccc1C#N)C(=O)Nc1cc(Cl)cc(Cl)c1. The van der Waals surface area contributed by atoms with Crippen LogP contribution in [0.4, 0.5) is 5.69 Å². The predicted molar refractivity (Wildman–Crippen MR) is 97.3 cm³/mol. The second kappa shape index (κ2) is 9.09. The number of esters is 1. The van der Waals surface area contributed by atoms with E-state index < -0.39 is 24.6 Å². The highest BCUT2D eigenvalue weighted by Crippen LogP contribution is 2.22. The van der Waals surface area contributed by atoms with Crippen molar-refractivity contribution in [3.63, 3.8) is 0 Å². The molecule has 0 aliphatic heterocycles. The molecule has 1 atom stereocenters. The normalized spacial score (nSPS) is 11.2. The molecule has 6 nitrogen and oxygen atoms in total. The second-order valence-corrected chi connectivity index (χ2v) is 6.05. The molecule has 0 spiro atoms. The topological polar surface area (TPSA) is 88.4 Å². The highest BCUT2D eigenvalue weighted by molar-refractivity contribution is 6.35. The molecule has 2 aromatic carbocycles. The maximum Gasteiger partial charge on any atom is 0.344 e. The number of hydrogen-bond acceptors (Lipinski definition) is 5. The highest BCUT2D eigenvalue weighted by Gasteiger charge is 2.19. The van der Waals surface area contributed by atoms with Crippen LogP contribution in [0.1, 0.15) is 12.5 Å². The summed E-state index contributed by atoms with van der Waals surface area (Å²) >= 11 is 11.7. The van der Waals surface area contributed by atoms with Crippen molar-refractivity contribution in [2.75, 3.05) is 11.9 Å². The van der Waals surface area contributed by atoms with Crippen molar-refractivity contribution in [3.05, 3.63) is 58.1 Å². The van der Waals surface area contributed by atoms with E-state index in [1.54, 1.807) is 24.3 Å². The number of carbonyl (C=O) groups excluding carboxylic acids is 2. The molecule has 1 N–H and O–H groups in total. The smallest absolute Gasteiger partial charge is 0.344 e. The van der Waals surface area contributed by atoms with Crippen LogP contribution in [0.2, 0.25) is 10.0 Å². The summed E-state index contributed by atoms with van der Waals surface area (Å²) in [5, 5.41) is 12.2. The van der Waals surface area contributed by atoms with Gasteiger partial charge in [0, 0.05) is 15.7 Å². The standard InChI is InChI=1S/C18H14Cl2N2O4/c1-11(18(24)22-15-7-13(19)6-14(20)8-15)26-17(23)10-25-16-5-3-2-4-12(16)9-21/h2-8,11H,10H2,1H3,(H,22,24)/t11-/m1/s1. The number of anilines is 1. The van der Waals surface area contributed by atoms with Crippen LogP contribution in [0, 0.1) is 11.3 Å². The second-order valence-electron chi connectivity index (χ2n) is 5.18. The fourth-order valence-corrected chi connectivity index (χ4v) is 2.50. The van der Waals surface area contributed by atoms with E-state index in [9.17, 15) is 9.59 Å². The summed E-state index contributed by atoms with van der Waals surface area (Å²) in [5.41, 5.74) is 0.679. The van der Waals surface area contributed by atoms with Gasteiger partial charge in [-0.1, -0.05) is 35.3 Å². The number of nitrogens with zero attached hydrogens (tertiary/aromatic N) is 1. The molecule has 1 amide bonds. The fourth-order valence-electron chi connectivity index (χ4n) is 1.98. The Morgan fingerprint density at radius 3 is 2.50 bits per heavy atom. The lowest BCUT2D eigenvalue weighted by molar-refractivity contribution is -0.155. The monoisotopic (exact) mass is 392 g/mol. The van der Waals surface area contributed by atoms with Crippen LogP contribution in [0.25, 0.3) is 0 Å². The van der Waals surface area contributed by atoms with Gasteiger partial charge in [-0.2, -0.15) is 5.26 Å². The average molecular weight is 393 g/mol. The van der Waals surface area contributed by atoms with Gasteiger partial charge in [0.1, 0.15) is 11.8 Å². The number of hydrogen-bond donors (Lipinski definition) is 1. The van der Waals surface area contributed by atoms with Crippen LogP contribution in [-0.4, -0.2) is 24.6 Å². The third-order valence-electron chi connectivity index (χ3n) is 3.16. The van der Waals surface area contributed by atoms with Gasteiger partial charge in [0.15, 0.2) is 12.7 Å². The van der Waals surface area contributed by atoms with Gasteiger partial charge in [-0.05, 0) is 37.3 Å². The first-order valence-corrected chi connectivity index (χ1v) is 8.23. The van der Waals surface area contributed by atoms with Gasteiger partial charge >= 0.3 is 5.97 Å². The molecule has 0 aromatic heterocycles. The van der Waals surface area contributed by atoms with E-state index in [2.05, 4.69) is 5.32 Å². The lowest BCUT2D eigenvalue weighted by atomic mass is 10.2. The zero-order valence-electron chi connectivity index (χ0n) is 13.7. The third-order valence-corrected chi connectivity index (χ3v) is 3.60. The van der Waals surface area contributed by atoms with E-state index in [1.807, 2.05) is 6.07 Å². The number of benzene rings is 2. The van der Waals surface area contributed by atoms with Crippen LogP contribution in [0.15, 0.2) is 42.5 Å². The van der Waals surface area contributed by atoms with Crippen LogP contribution in [0.3, 0.4) is 0 Å². The summed E-state index contributed by atoms with van der Waals surface area (Å²) in [6.07, 6.45) is -1.06. The third kappa shape index (κ3) is 5.66. The minimum Gasteiger partial charge on any atom is -0.481 e. The van der Waals surface area contributed by atoms with Crippen LogP contribution in [-0.2, 0) is 14.3 Å². The minimum absolute atomic E-state index is 0.262. The first kappa shape index (κ1) is 19.6. The number of nitrogens with one attached hydrogen (secondary N) is 1. The largest absolute Gasteiger partial charge is 0.481 e. The van der Waals surface area contributed by atoms with Crippen molar-refractivity contribution in [1.82, 2.24) is 0 Å². The fraction of sp³-hybridized carbons (Fsp3) is 0.167. The Bertz CT molecular complexity index is 844. The van der Waals surface area contributed by atoms with Crippen LogP contribution >= 0.6 is 23.2 Å². The predicted octanol–water partition coefficient (Wildman–Crippen LogP) is 3.81. The number of amides is 1. The van der Waals surface area contributed by atoms with E-state index >= 15 is 0 Å². The quantitative estimate of drug-likeness (QED) is 0.754. The Morgan fingerprint density at radius 1 is 1.19 bits per heavy atom. The Kier molecular flexibility index (Phi) is 6.84. The highest BCUT2D eigenvalue weighted by atomic mass is 35.5. The molecule has 0 saturated carbocycles. The summed E-state index contributed by atoms with van der Waals surface area (Å²) < 4.78 is 10.3. The lowest BCUT2D eigenvalue weighted by Crippen LogP contribution is -2.31. The number of rotatable bonds is 6. The summed E-state index contributed by atoms with van der Waals surface area (Å²) in [6, 6.07) is 13.0. The zero-order chi connectivity index (χ0) is 19.1. The molecule has 2 rings (SSSR count). The van der Waals surface area contributed by atoms with Gasteiger partial charge in [0.2, 0.25) is 0 Å². The van der Waals surface area contributed by atoms with Crippen LogP contribution < -0.4 is 10.1 Å². The molecule has 0 fully saturated rings. The van der Waals surface area contributed by atoms with Gasteiger partial charge in [-0.15, -0.1) is 0 Å². The average Bonchev–Trinajstić information content (AvgIpc) is 2.59. The lowest BCUT2D eigenvalue weighted by Gasteiger charge is -2.14. The zero-order valence-corrected chi connectivity index (χ0v) is 15.2. The van der Waals surface area contributed by atoms with Crippen molar-refractivity contribution < 1.29 is 19.1 Å². The maximum absolute atomic E-state index is 12.1. The maximum atomic E-state index is 12.1. The summed E-state index contributed by atoms with van der Waals surface area (Å²) in [7, 11) is 0. The molecule has 0 aliphatic rings. The molecule has 26 heavy (non-hydrogen) atoms. The van der Waals surface area contributed by atoms with Crippen molar-refractivity contribution in [2.45, 2.75) is 13.0 Å². The number of para-hydroxylation sites is 1. The first-order chi connectivity index (χ1) is 12.4. The molecular weight excluding hydrogens is 379 g/mol. The Labute approximate surface area is 160 Å². The molecule has 8 heteroatoms. The Morgan fingerprint density at radius 2 is 1.85 bits per heavy atom. The van der Waals surface area contributed by atoms with E-state index in [-0.39, 0.29) is 5.75 Å². The number of carbonyl (C=O) groups is 2. The molecule has 0 bridgehead atoms. The number of nitriles is 1. The van der Waals surface area contributed by atoms with Crippen molar-refractivity contribution >= 4 is 40.8 Å². The van der Waals surface area contributed by atoms with E-state index in [4.69, 9.17) is 37.9 Å². The molecule has 0 saturated heterocycles. The minimum atomic E-state index is -1.06. The van der Waals surface area contributed by atoms with Gasteiger partial charge in [0.25, 0.3) is 5.91 Å². The molecule has 0 radical (unpaired) electrons. The Balaban J connectivity index is 1.88. The van der Waals surface area contributed by atoms with E-state index in [0.29, 0.717) is 21.3 Å². The van der Waals surface area contributed by atoms with E-state index in [0.717, 1.165) is 0 Å². The van der Waals surface area contributed by atoms with Crippen molar-refractivity contribution in [3.8, 4) is 11.8 Å². The summed E-state index contributed by atoms with van der Waals surface area (Å²) in [4.78, 5) is 23.9. The van der Waals surface area contributed by atoms with Gasteiger partial charge in [-0.3, -0.25) is 4.79 Å². The first-order valence-electron chi connectivity index (χ1n) is 7.47. The number of ether oxygens (including phenoxy) is 2. The number of halogens is 2. The van der Waals surface area contributed by atoms with Gasteiger partial charge in [0.05, 0.1) is 5.56 Å². The molecule has 134 valence electrons. The molecule has 0 heterocycles. The van der Waals surface area contributed by atoms with Gasteiger partial charge in [-0.25, -0.2) is 4.79 Å². The molecule has 0 aliphatic carbocycles. The summed E-state index contributed by atoms with van der Waals surface area (Å²) in [5.74, 6) is -1.03.